The number of rotatable bonds is 6. The average Bonchev–Trinajstić information content (AvgIpc) is 2.35. The molecular formula is C8H15NO12Y. The van der Waals surface area contributed by atoms with Gasteiger partial charge < -0.3 is 51.8 Å². The van der Waals surface area contributed by atoms with E-state index in [9.17, 15) is 24.3 Å². The Balaban J connectivity index is -0.000000135. The van der Waals surface area contributed by atoms with Gasteiger partial charge in [-0.3, -0.25) is 0 Å². The van der Waals surface area contributed by atoms with Crippen molar-refractivity contribution in [2.24, 2.45) is 0 Å². The zero-order valence-corrected chi connectivity index (χ0v) is 13.9. The van der Waals surface area contributed by atoms with Crippen molar-refractivity contribution >= 4 is 23.9 Å². The molecule has 11 N–H and O–H groups in total. The number of aliphatic hydroxyl groups is 4. The third kappa shape index (κ3) is 11.4. The van der Waals surface area contributed by atoms with Crippen LogP contribution in [0, 0.1) is 0 Å². The number of carbonyl (C=O) groups is 4. The van der Waals surface area contributed by atoms with Crippen molar-refractivity contribution in [2.45, 2.75) is 24.4 Å². The van der Waals surface area contributed by atoms with E-state index in [1.807, 2.05) is 0 Å². The van der Waals surface area contributed by atoms with Gasteiger partial charge in [0, 0.05) is 32.7 Å². The first kappa shape index (κ1) is 28.9. The van der Waals surface area contributed by atoms with Gasteiger partial charge in [-0.1, -0.05) is 0 Å². The molecule has 0 amide bonds. The molecule has 0 fully saturated rings. The predicted molar refractivity (Wildman–Crippen MR) is 57.9 cm³/mol. The quantitative estimate of drug-likeness (QED) is 0.206. The molecule has 13 nitrogen and oxygen atoms in total. The number of aliphatic carboxylic acids is 4. The van der Waals surface area contributed by atoms with E-state index >= 15 is 0 Å². The maximum absolute atomic E-state index is 9.77. The van der Waals surface area contributed by atoms with Gasteiger partial charge in [-0.2, -0.15) is 0 Å². The second kappa shape index (κ2) is 13.4. The standard InChI is InChI=1S/2C4H6O6.H3N.Y/c2*5-1(3(7)8)2(6)4(9)10;;/h2*1-2,5-6H,(H,7,8)(H,9,10);1H3;. The first-order valence-electron chi connectivity index (χ1n) is 4.55. The van der Waals surface area contributed by atoms with E-state index in [1.54, 1.807) is 0 Å². The number of quaternary nitrogens is 1. The van der Waals surface area contributed by atoms with Crippen LogP contribution in [0.5, 0.6) is 0 Å². The van der Waals surface area contributed by atoms with Crippen molar-refractivity contribution in [3.63, 3.8) is 0 Å². The van der Waals surface area contributed by atoms with E-state index < -0.39 is 48.3 Å². The Morgan fingerprint density at radius 2 is 0.818 bits per heavy atom. The minimum absolute atomic E-state index is 0. The molecule has 0 aromatic carbocycles. The van der Waals surface area contributed by atoms with Crippen molar-refractivity contribution < 1.29 is 92.7 Å². The molecule has 0 aromatic rings. The van der Waals surface area contributed by atoms with Gasteiger partial charge >= 0.3 is 17.9 Å². The van der Waals surface area contributed by atoms with E-state index in [4.69, 9.17) is 35.7 Å². The van der Waals surface area contributed by atoms with Gasteiger partial charge in [0.25, 0.3) is 0 Å². The number of hydrogen-bond acceptors (Lipinski definition) is 9. The summed E-state index contributed by atoms with van der Waals surface area (Å²) in [7, 11) is 0. The van der Waals surface area contributed by atoms with Crippen LogP contribution in [-0.4, -0.2) is 84.0 Å². The molecule has 0 bridgehead atoms. The van der Waals surface area contributed by atoms with Crippen molar-refractivity contribution in [1.82, 2.24) is 6.15 Å². The molecule has 0 aliphatic carbocycles. The minimum atomic E-state index is -2.38. The van der Waals surface area contributed by atoms with Gasteiger partial charge in [0.15, 0.2) is 18.3 Å². The average molecular weight is 406 g/mol. The second-order valence-electron chi connectivity index (χ2n) is 3.11. The molecule has 4 unspecified atom stereocenters. The fraction of sp³-hybridized carbons (Fsp3) is 0.500. The Morgan fingerprint density at radius 3 is 0.909 bits per heavy atom. The fourth-order valence-corrected chi connectivity index (χ4v) is 0.534. The van der Waals surface area contributed by atoms with Crippen LogP contribution in [0.15, 0.2) is 0 Å². The molecule has 0 heterocycles. The molecule has 0 saturated carbocycles. The van der Waals surface area contributed by atoms with E-state index in [0.29, 0.717) is 0 Å². The largest absolute Gasteiger partial charge is 0.547 e. The van der Waals surface area contributed by atoms with E-state index in [0.717, 1.165) is 0 Å². The summed E-state index contributed by atoms with van der Waals surface area (Å²) in [5, 5.41) is 66.7. The fourth-order valence-electron chi connectivity index (χ4n) is 0.534. The topological polar surface area (TPSA) is 269 Å². The summed E-state index contributed by atoms with van der Waals surface area (Å²) in [4.78, 5) is 38.9. The second-order valence-corrected chi connectivity index (χ2v) is 3.11. The Labute approximate surface area is 147 Å². The van der Waals surface area contributed by atoms with E-state index in [1.165, 1.54) is 0 Å². The molecule has 0 aliphatic heterocycles. The van der Waals surface area contributed by atoms with Gasteiger partial charge in [0.05, 0.1) is 5.97 Å². The molecule has 0 aromatic heterocycles. The molecule has 22 heavy (non-hydrogen) atoms. The van der Waals surface area contributed by atoms with Crippen LogP contribution in [0.3, 0.4) is 0 Å². The smallest absolute Gasteiger partial charge is 0.335 e. The SMILES string of the molecule is O=C(O)C(O)C(O)C(=O)O.O=C([O-])C(O)C(O)C(=O)O.[NH4+].[Y]. The van der Waals surface area contributed by atoms with Crippen LogP contribution in [0.1, 0.15) is 0 Å². The molecule has 0 saturated heterocycles. The Morgan fingerprint density at radius 1 is 0.636 bits per heavy atom. The first-order valence-corrected chi connectivity index (χ1v) is 4.55. The summed E-state index contributed by atoms with van der Waals surface area (Å²) in [6.07, 6.45) is -9.24. The third-order valence-electron chi connectivity index (χ3n) is 1.60. The summed E-state index contributed by atoms with van der Waals surface area (Å²) in [6.45, 7) is 0. The Bertz CT molecular complexity index is 315. The molecule has 4 atom stereocenters. The zero-order valence-electron chi connectivity index (χ0n) is 11.1. The molecule has 14 heteroatoms. The number of hydrogen-bond donors (Lipinski definition) is 8. The normalized spacial score (nSPS) is 14.4. The van der Waals surface area contributed by atoms with Crippen molar-refractivity contribution in [3.8, 4) is 0 Å². The predicted octanol–water partition coefficient (Wildman–Crippen LogP) is -5.21. The maximum atomic E-state index is 9.77. The van der Waals surface area contributed by atoms with Crippen LogP contribution in [0.2, 0.25) is 0 Å². The Hall–Kier alpha value is -1.22. The minimum Gasteiger partial charge on any atom is -0.547 e. The number of carboxylic acids is 4. The molecule has 1 radical (unpaired) electrons. The number of carboxylic acid groups (broad SMARTS) is 4. The summed E-state index contributed by atoms with van der Waals surface area (Å²) in [5.74, 6) is -7.36. The summed E-state index contributed by atoms with van der Waals surface area (Å²) >= 11 is 0. The monoisotopic (exact) mass is 406 g/mol. The Kier molecular flexibility index (Phi) is 17.7. The molecule has 0 rings (SSSR count). The van der Waals surface area contributed by atoms with Gasteiger partial charge in [-0.25, -0.2) is 14.4 Å². The number of aliphatic hydroxyl groups excluding tert-OH is 4. The zero-order chi connectivity index (χ0) is 16.6. The summed E-state index contributed by atoms with van der Waals surface area (Å²) in [5.41, 5.74) is 0. The van der Waals surface area contributed by atoms with Crippen molar-refractivity contribution in [1.29, 1.82) is 0 Å². The molecule has 0 spiro atoms. The van der Waals surface area contributed by atoms with E-state index in [-0.39, 0.29) is 38.9 Å². The third-order valence-corrected chi connectivity index (χ3v) is 1.60. The van der Waals surface area contributed by atoms with Crippen LogP contribution in [0.25, 0.3) is 0 Å². The molecule has 127 valence electrons. The van der Waals surface area contributed by atoms with Crippen molar-refractivity contribution in [2.75, 3.05) is 0 Å². The number of carbonyl (C=O) groups excluding carboxylic acids is 1. The molecule has 0 aliphatic rings. The van der Waals surface area contributed by atoms with Crippen molar-refractivity contribution in [3.05, 3.63) is 0 Å². The van der Waals surface area contributed by atoms with Gasteiger partial charge in [0.1, 0.15) is 6.10 Å². The van der Waals surface area contributed by atoms with Crippen LogP contribution in [-0.2, 0) is 51.9 Å². The van der Waals surface area contributed by atoms with Gasteiger partial charge in [-0.15, -0.1) is 0 Å². The first-order chi connectivity index (χ1) is 8.93. The summed E-state index contributed by atoms with van der Waals surface area (Å²) < 4.78 is 0. The van der Waals surface area contributed by atoms with Gasteiger partial charge in [-0.05, 0) is 0 Å². The molecular weight excluding hydrogens is 391 g/mol. The van der Waals surface area contributed by atoms with Crippen LogP contribution >= 0.6 is 0 Å². The maximum Gasteiger partial charge on any atom is 0.335 e. The van der Waals surface area contributed by atoms with Gasteiger partial charge in [0.2, 0.25) is 0 Å². The summed E-state index contributed by atoms with van der Waals surface area (Å²) in [6, 6.07) is 0. The van der Waals surface area contributed by atoms with Crippen LogP contribution in [0.4, 0.5) is 0 Å². The van der Waals surface area contributed by atoms with Crippen LogP contribution < -0.4 is 11.3 Å². The van der Waals surface area contributed by atoms with E-state index in [2.05, 4.69) is 0 Å².